The Hall–Kier alpha value is -1.89. The van der Waals surface area contributed by atoms with Gasteiger partial charge in [0.2, 0.25) is 0 Å². The molecule has 3 rings (SSSR count). The van der Waals surface area contributed by atoms with E-state index in [0.29, 0.717) is 37.0 Å². The van der Waals surface area contributed by atoms with Crippen molar-refractivity contribution in [3.8, 4) is 0 Å². The fourth-order valence-corrected chi connectivity index (χ4v) is 2.98. The third-order valence-electron chi connectivity index (χ3n) is 3.98. The van der Waals surface area contributed by atoms with E-state index in [1.54, 1.807) is 0 Å². The average molecular weight is 335 g/mol. The first-order chi connectivity index (χ1) is 11.2. The monoisotopic (exact) mass is 334 g/mol. The smallest absolute Gasteiger partial charge is 0.153 e. The number of halogens is 1. The van der Waals surface area contributed by atoms with Crippen molar-refractivity contribution in [3.05, 3.63) is 47.2 Å². The summed E-state index contributed by atoms with van der Waals surface area (Å²) in [7, 11) is 0. The van der Waals surface area contributed by atoms with Crippen LogP contribution in [0.1, 0.15) is 18.1 Å². The summed E-state index contributed by atoms with van der Waals surface area (Å²) in [6.07, 6.45) is 1.34. The fraction of sp³-hybridized carbons (Fsp3) is 0.375. The van der Waals surface area contributed by atoms with Gasteiger partial charge < -0.3 is 20.5 Å². The van der Waals surface area contributed by atoms with Crippen molar-refractivity contribution < 1.29 is 9.84 Å². The van der Waals surface area contributed by atoms with Gasteiger partial charge in [0, 0.05) is 13.0 Å². The molecule has 2 heterocycles. The second-order valence-corrected chi connectivity index (χ2v) is 5.86. The summed E-state index contributed by atoms with van der Waals surface area (Å²) in [6, 6.07) is 9.54. The molecule has 1 aliphatic heterocycles. The number of anilines is 2. The Morgan fingerprint density at radius 3 is 2.91 bits per heavy atom. The normalized spacial score (nSPS) is 19.6. The molecule has 0 bridgehead atoms. The highest BCUT2D eigenvalue weighted by molar-refractivity contribution is 6.35. The van der Waals surface area contributed by atoms with Gasteiger partial charge in [0.1, 0.15) is 17.2 Å². The Labute approximate surface area is 139 Å². The number of aliphatic hydroxyl groups excluding tert-OH is 1. The minimum atomic E-state index is -0.580. The van der Waals surface area contributed by atoms with Crippen LogP contribution in [0.4, 0.5) is 11.6 Å². The molecule has 7 heteroatoms. The molecule has 1 fully saturated rings. The number of nitrogens with two attached hydrogens (primary N) is 1. The van der Waals surface area contributed by atoms with E-state index in [4.69, 9.17) is 22.1 Å². The molecule has 2 atom stereocenters. The molecule has 0 amide bonds. The maximum Gasteiger partial charge on any atom is 0.153 e. The fourth-order valence-electron chi connectivity index (χ4n) is 2.77. The molecule has 1 aliphatic rings. The van der Waals surface area contributed by atoms with Gasteiger partial charge >= 0.3 is 0 Å². The second kappa shape index (κ2) is 7.12. The van der Waals surface area contributed by atoms with Gasteiger partial charge in [0.05, 0.1) is 25.4 Å². The molecule has 2 aromatic rings. The Morgan fingerprint density at radius 2 is 2.13 bits per heavy atom. The summed E-state index contributed by atoms with van der Waals surface area (Å²) < 4.78 is 5.57. The number of nitrogen functional groups attached to an aromatic ring is 1. The highest BCUT2D eigenvalue weighted by atomic mass is 35.5. The third kappa shape index (κ3) is 3.55. The molecule has 122 valence electrons. The van der Waals surface area contributed by atoms with Crippen LogP contribution in [0.5, 0.6) is 0 Å². The number of ether oxygens (including phenoxy) is 1. The molecule has 6 nitrogen and oxygen atoms in total. The van der Waals surface area contributed by atoms with Gasteiger partial charge in [-0.05, 0) is 5.56 Å². The summed E-state index contributed by atoms with van der Waals surface area (Å²) in [5.74, 6) is 0.846. The topological polar surface area (TPSA) is 84.5 Å². The van der Waals surface area contributed by atoms with Crippen LogP contribution in [0.25, 0.3) is 0 Å². The number of aromatic nitrogens is 2. The van der Waals surface area contributed by atoms with E-state index >= 15 is 0 Å². The first-order valence-electron chi connectivity index (χ1n) is 7.50. The van der Waals surface area contributed by atoms with Crippen LogP contribution in [0, 0.1) is 0 Å². The van der Waals surface area contributed by atoms with Crippen molar-refractivity contribution >= 4 is 23.2 Å². The molecule has 1 saturated heterocycles. The summed E-state index contributed by atoms with van der Waals surface area (Å²) in [5, 5.41) is 10.8. The zero-order valence-electron chi connectivity index (χ0n) is 12.6. The van der Waals surface area contributed by atoms with Gasteiger partial charge in [0.15, 0.2) is 5.82 Å². The van der Waals surface area contributed by atoms with Crippen LogP contribution in [-0.4, -0.2) is 40.9 Å². The predicted molar refractivity (Wildman–Crippen MR) is 89.4 cm³/mol. The van der Waals surface area contributed by atoms with Crippen LogP contribution < -0.4 is 10.6 Å². The van der Waals surface area contributed by atoms with E-state index in [1.807, 2.05) is 35.2 Å². The van der Waals surface area contributed by atoms with Crippen LogP contribution in [-0.2, 0) is 4.74 Å². The van der Waals surface area contributed by atoms with Gasteiger partial charge in [-0.25, -0.2) is 9.97 Å². The number of hydrogen-bond acceptors (Lipinski definition) is 6. The van der Waals surface area contributed by atoms with E-state index < -0.39 is 6.10 Å². The SMILES string of the molecule is Nc1ncnc(N2CCOC[C@@H]2C[C@@H](O)c2ccccc2)c1Cl. The molecular formula is C16H19ClN4O2. The van der Waals surface area contributed by atoms with Crippen LogP contribution in [0.3, 0.4) is 0 Å². The highest BCUT2D eigenvalue weighted by Crippen LogP contribution is 2.32. The molecule has 1 aromatic carbocycles. The lowest BCUT2D eigenvalue weighted by Gasteiger charge is -2.37. The lowest BCUT2D eigenvalue weighted by molar-refractivity contribution is 0.0676. The highest BCUT2D eigenvalue weighted by Gasteiger charge is 2.29. The molecule has 0 radical (unpaired) electrons. The number of hydrogen-bond donors (Lipinski definition) is 2. The van der Waals surface area contributed by atoms with Gasteiger partial charge in [-0.1, -0.05) is 41.9 Å². The Morgan fingerprint density at radius 1 is 1.35 bits per heavy atom. The molecule has 0 spiro atoms. The van der Waals surface area contributed by atoms with Crippen LogP contribution >= 0.6 is 11.6 Å². The van der Waals surface area contributed by atoms with E-state index in [1.165, 1.54) is 6.33 Å². The zero-order chi connectivity index (χ0) is 16.2. The summed E-state index contributed by atoms with van der Waals surface area (Å²) in [6.45, 7) is 1.73. The molecule has 1 aromatic heterocycles. The maximum atomic E-state index is 10.5. The molecular weight excluding hydrogens is 316 g/mol. The Balaban J connectivity index is 1.80. The number of nitrogens with zero attached hydrogens (tertiary/aromatic N) is 3. The first kappa shape index (κ1) is 16.0. The van der Waals surface area contributed by atoms with Gasteiger partial charge in [-0.2, -0.15) is 0 Å². The molecule has 0 unspecified atom stereocenters. The van der Waals surface area contributed by atoms with Crippen molar-refractivity contribution in [1.82, 2.24) is 9.97 Å². The van der Waals surface area contributed by atoms with Crippen molar-refractivity contribution in [2.24, 2.45) is 0 Å². The zero-order valence-corrected chi connectivity index (χ0v) is 13.4. The number of rotatable bonds is 4. The minimum absolute atomic E-state index is 0.0363. The number of morpholine rings is 1. The quantitative estimate of drug-likeness (QED) is 0.890. The number of aliphatic hydroxyl groups is 1. The molecule has 3 N–H and O–H groups in total. The van der Waals surface area contributed by atoms with Crippen molar-refractivity contribution in [3.63, 3.8) is 0 Å². The van der Waals surface area contributed by atoms with Gasteiger partial charge in [-0.3, -0.25) is 0 Å². The Kier molecular flexibility index (Phi) is 4.95. The van der Waals surface area contributed by atoms with E-state index in [9.17, 15) is 5.11 Å². The van der Waals surface area contributed by atoms with E-state index in [0.717, 1.165) is 5.56 Å². The van der Waals surface area contributed by atoms with Crippen molar-refractivity contribution in [1.29, 1.82) is 0 Å². The van der Waals surface area contributed by atoms with E-state index in [-0.39, 0.29) is 11.9 Å². The summed E-state index contributed by atoms with van der Waals surface area (Å²) in [5.41, 5.74) is 6.66. The first-order valence-corrected chi connectivity index (χ1v) is 7.88. The molecule has 23 heavy (non-hydrogen) atoms. The third-order valence-corrected chi connectivity index (χ3v) is 4.34. The molecule has 0 aliphatic carbocycles. The van der Waals surface area contributed by atoms with Crippen molar-refractivity contribution in [2.75, 3.05) is 30.4 Å². The minimum Gasteiger partial charge on any atom is -0.388 e. The largest absolute Gasteiger partial charge is 0.388 e. The maximum absolute atomic E-state index is 10.5. The van der Waals surface area contributed by atoms with Crippen molar-refractivity contribution in [2.45, 2.75) is 18.6 Å². The van der Waals surface area contributed by atoms with E-state index in [2.05, 4.69) is 9.97 Å². The average Bonchev–Trinajstić information content (AvgIpc) is 2.59. The van der Waals surface area contributed by atoms with Crippen LogP contribution in [0.2, 0.25) is 5.02 Å². The second-order valence-electron chi connectivity index (χ2n) is 5.48. The van der Waals surface area contributed by atoms with Crippen LogP contribution in [0.15, 0.2) is 36.7 Å². The lowest BCUT2D eigenvalue weighted by Crippen LogP contribution is -2.47. The summed E-state index contributed by atoms with van der Waals surface area (Å²) in [4.78, 5) is 10.2. The summed E-state index contributed by atoms with van der Waals surface area (Å²) >= 11 is 6.25. The van der Waals surface area contributed by atoms with Gasteiger partial charge in [0.25, 0.3) is 0 Å². The standard InChI is InChI=1S/C16H19ClN4O2/c17-14-15(18)19-10-20-16(14)21-6-7-23-9-12(21)8-13(22)11-4-2-1-3-5-11/h1-5,10,12-13,22H,6-9H2,(H2,18,19,20)/t12-,13+/m0/s1. The lowest BCUT2D eigenvalue weighted by atomic mass is 10.0. The predicted octanol–water partition coefficient (Wildman–Crippen LogP) is 2.04. The van der Waals surface area contributed by atoms with Gasteiger partial charge in [-0.15, -0.1) is 0 Å². The molecule has 0 saturated carbocycles. The number of benzene rings is 1. The Bertz CT molecular complexity index is 656.